The van der Waals surface area contributed by atoms with E-state index in [2.05, 4.69) is 9.97 Å². The molecule has 0 spiro atoms. The van der Waals surface area contributed by atoms with Crippen molar-refractivity contribution in [3.8, 4) is 0 Å². The Hall–Kier alpha value is -1.89. The van der Waals surface area contributed by atoms with Crippen molar-refractivity contribution in [1.82, 2.24) is 14.5 Å². The highest BCUT2D eigenvalue weighted by Gasteiger charge is 2.11. The summed E-state index contributed by atoms with van der Waals surface area (Å²) in [4.78, 5) is 31.3. The maximum Gasteiger partial charge on any atom is 0.263 e. The fourth-order valence-corrected chi connectivity index (χ4v) is 2.35. The molecular weight excluding hydrogens is 252 g/mol. The molecule has 0 unspecified atom stereocenters. The summed E-state index contributed by atoms with van der Waals surface area (Å²) < 4.78 is 1.51. The van der Waals surface area contributed by atoms with Crippen molar-refractivity contribution in [2.45, 2.75) is 18.6 Å². The molecule has 7 heteroatoms. The molecule has 0 fully saturated rings. The number of hydrogen-bond acceptors (Lipinski definition) is 5. The molecule has 2 heterocycles. The minimum absolute atomic E-state index is 0.0881. The van der Waals surface area contributed by atoms with E-state index in [9.17, 15) is 9.59 Å². The van der Waals surface area contributed by atoms with Crippen LogP contribution in [0.1, 0.15) is 6.92 Å². The second-order valence-electron chi connectivity index (χ2n) is 3.57. The van der Waals surface area contributed by atoms with Gasteiger partial charge in [0.2, 0.25) is 5.91 Å². The molecule has 0 atom stereocenters. The number of rotatable bonds is 4. The number of thioether (sulfide) groups is 1. The van der Waals surface area contributed by atoms with Crippen LogP contribution in [-0.2, 0) is 11.3 Å². The predicted octanol–water partition coefficient (Wildman–Crippen LogP) is 0.389. The second-order valence-corrected chi connectivity index (χ2v) is 4.52. The highest BCUT2D eigenvalue weighted by Crippen LogP contribution is 2.15. The van der Waals surface area contributed by atoms with Gasteiger partial charge in [-0.1, -0.05) is 11.8 Å². The van der Waals surface area contributed by atoms with Crippen molar-refractivity contribution < 1.29 is 4.79 Å². The zero-order chi connectivity index (χ0) is 13.1. The number of carbonyl (C=O) groups is 1. The van der Waals surface area contributed by atoms with Crippen LogP contribution >= 0.6 is 11.8 Å². The lowest BCUT2D eigenvalue weighted by Crippen LogP contribution is -2.23. The molecule has 0 saturated carbocycles. The van der Waals surface area contributed by atoms with Gasteiger partial charge in [-0.15, -0.1) is 0 Å². The summed E-state index contributed by atoms with van der Waals surface area (Å²) in [5, 5.41) is 0.940. The zero-order valence-electron chi connectivity index (χ0n) is 9.79. The Bertz CT molecular complexity index is 653. The molecule has 2 aromatic rings. The Morgan fingerprint density at radius 1 is 1.56 bits per heavy atom. The van der Waals surface area contributed by atoms with E-state index in [1.165, 1.54) is 4.57 Å². The molecule has 2 rings (SSSR count). The van der Waals surface area contributed by atoms with Gasteiger partial charge in [-0.05, 0) is 19.1 Å². The average Bonchev–Trinajstić information content (AvgIpc) is 2.36. The van der Waals surface area contributed by atoms with E-state index in [4.69, 9.17) is 5.73 Å². The molecule has 0 radical (unpaired) electrons. The van der Waals surface area contributed by atoms with Crippen LogP contribution in [-0.4, -0.2) is 26.2 Å². The van der Waals surface area contributed by atoms with Gasteiger partial charge in [-0.25, -0.2) is 9.97 Å². The summed E-state index contributed by atoms with van der Waals surface area (Å²) >= 11 is 1.15. The number of amides is 1. The first-order valence-corrected chi connectivity index (χ1v) is 6.38. The number of aromatic nitrogens is 3. The van der Waals surface area contributed by atoms with Crippen LogP contribution in [0.5, 0.6) is 0 Å². The normalized spacial score (nSPS) is 10.7. The quantitative estimate of drug-likeness (QED) is 0.637. The molecule has 0 aliphatic carbocycles. The standard InChI is InChI=1S/C11H12N4O2S/c1-2-15-10(17)7-4-3-5-13-9(7)14-11(15)18-6-8(12)16/h3-5H,2,6H2,1H3,(H2,12,16). The van der Waals surface area contributed by atoms with Crippen LogP contribution in [0.3, 0.4) is 0 Å². The van der Waals surface area contributed by atoms with Crippen LogP contribution in [0, 0.1) is 0 Å². The highest BCUT2D eigenvalue weighted by atomic mass is 32.2. The van der Waals surface area contributed by atoms with Gasteiger partial charge in [0.15, 0.2) is 10.8 Å². The molecule has 0 aromatic carbocycles. The van der Waals surface area contributed by atoms with E-state index in [0.29, 0.717) is 22.7 Å². The van der Waals surface area contributed by atoms with Crippen molar-refractivity contribution >= 4 is 28.7 Å². The van der Waals surface area contributed by atoms with Gasteiger partial charge in [-0.3, -0.25) is 14.2 Å². The predicted molar refractivity (Wildman–Crippen MR) is 69.4 cm³/mol. The van der Waals surface area contributed by atoms with E-state index in [1.54, 1.807) is 18.3 Å². The van der Waals surface area contributed by atoms with E-state index in [-0.39, 0.29) is 11.3 Å². The highest BCUT2D eigenvalue weighted by molar-refractivity contribution is 7.99. The SMILES string of the molecule is CCn1c(SCC(N)=O)nc2ncccc2c1=O. The van der Waals surface area contributed by atoms with Gasteiger partial charge < -0.3 is 5.73 Å². The number of nitrogens with zero attached hydrogens (tertiary/aromatic N) is 3. The summed E-state index contributed by atoms with van der Waals surface area (Å²) in [6, 6.07) is 3.38. The first-order chi connectivity index (χ1) is 8.63. The molecule has 0 bridgehead atoms. The Labute approximate surface area is 107 Å². The molecule has 0 aliphatic rings. The number of carbonyl (C=O) groups excluding carboxylic acids is 1. The number of primary amides is 1. The number of fused-ring (bicyclic) bond motifs is 1. The number of hydrogen-bond donors (Lipinski definition) is 1. The van der Waals surface area contributed by atoms with E-state index >= 15 is 0 Å². The third kappa shape index (κ3) is 2.35. The Balaban J connectivity index is 2.58. The van der Waals surface area contributed by atoms with Crippen molar-refractivity contribution in [1.29, 1.82) is 0 Å². The van der Waals surface area contributed by atoms with Crippen LogP contribution < -0.4 is 11.3 Å². The van der Waals surface area contributed by atoms with Crippen LogP contribution in [0.25, 0.3) is 11.0 Å². The summed E-state index contributed by atoms with van der Waals surface area (Å²) in [6.45, 7) is 2.33. The van der Waals surface area contributed by atoms with Crippen molar-refractivity contribution in [2.24, 2.45) is 5.73 Å². The summed E-state index contributed by atoms with van der Waals surface area (Å²) in [5.74, 6) is -0.358. The van der Waals surface area contributed by atoms with Gasteiger partial charge in [0.25, 0.3) is 5.56 Å². The lowest BCUT2D eigenvalue weighted by Gasteiger charge is -2.09. The largest absolute Gasteiger partial charge is 0.369 e. The maximum atomic E-state index is 12.2. The van der Waals surface area contributed by atoms with Gasteiger partial charge in [0.05, 0.1) is 11.1 Å². The Kier molecular flexibility index (Phi) is 3.61. The third-order valence-electron chi connectivity index (χ3n) is 2.35. The fraction of sp³-hybridized carbons (Fsp3) is 0.273. The smallest absolute Gasteiger partial charge is 0.263 e. The fourth-order valence-electron chi connectivity index (χ4n) is 1.56. The summed E-state index contributed by atoms with van der Waals surface area (Å²) in [6.07, 6.45) is 1.58. The average molecular weight is 264 g/mol. The first kappa shape index (κ1) is 12.6. The topological polar surface area (TPSA) is 90.9 Å². The van der Waals surface area contributed by atoms with Crippen molar-refractivity contribution in [2.75, 3.05) is 5.75 Å². The van der Waals surface area contributed by atoms with E-state index < -0.39 is 5.91 Å². The van der Waals surface area contributed by atoms with Crippen LogP contribution in [0.4, 0.5) is 0 Å². The monoisotopic (exact) mass is 264 g/mol. The molecule has 0 saturated heterocycles. The van der Waals surface area contributed by atoms with E-state index in [0.717, 1.165) is 11.8 Å². The summed E-state index contributed by atoms with van der Waals surface area (Å²) in [5.41, 5.74) is 5.33. The lowest BCUT2D eigenvalue weighted by molar-refractivity contribution is -0.115. The summed E-state index contributed by atoms with van der Waals surface area (Å²) in [7, 11) is 0. The molecular formula is C11H12N4O2S. The minimum atomic E-state index is -0.446. The van der Waals surface area contributed by atoms with E-state index in [1.807, 2.05) is 6.92 Å². The molecule has 0 aliphatic heterocycles. The Morgan fingerprint density at radius 3 is 3.00 bits per heavy atom. The second kappa shape index (κ2) is 5.18. The van der Waals surface area contributed by atoms with Gasteiger partial charge in [-0.2, -0.15) is 0 Å². The number of nitrogens with two attached hydrogens (primary N) is 1. The first-order valence-electron chi connectivity index (χ1n) is 5.40. The zero-order valence-corrected chi connectivity index (χ0v) is 10.6. The minimum Gasteiger partial charge on any atom is -0.369 e. The van der Waals surface area contributed by atoms with Gasteiger partial charge in [0.1, 0.15) is 0 Å². The molecule has 1 amide bonds. The molecule has 6 nitrogen and oxygen atoms in total. The Morgan fingerprint density at radius 2 is 2.33 bits per heavy atom. The van der Waals surface area contributed by atoms with Crippen molar-refractivity contribution in [3.63, 3.8) is 0 Å². The van der Waals surface area contributed by atoms with Gasteiger partial charge >= 0.3 is 0 Å². The molecule has 2 aromatic heterocycles. The van der Waals surface area contributed by atoms with Crippen LogP contribution in [0.2, 0.25) is 0 Å². The van der Waals surface area contributed by atoms with Crippen LogP contribution in [0.15, 0.2) is 28.3 Å². The van der Waals surface area contributed by atoms with Crippen molar-refractivity contribution in [3.05, 3.63) is 28.7 Å². The van der Waals surface area contributed by atoms with Gasteiger partial charge in [0, 0.05) is 12.7 Å². The molecule has 94 valence electrons. The lowest BCUT2D eigenvalue weighted by atomic mass is 10.3. The maximum absolute atomic E-state index is 12.2. The third-order valence-corrected chi connectivity index (χ3v) is 3.35. The molecule has 2 N–H and O–H groups in total. The molecule has 18 heavy (non-hydrogen) atoms. The number of pyridine rings is 1.